The number of nitrogens with one attached hydrogen (secondary N) is 2. The smallest absolute Gasteiger partial charge is 0.340 e. The number of hydrogen-bond donors (Lipinski definition) is 2. The van der Waals surface area contributed by atoms with Gasteiger partial charge >= 0.3 is 5.97 Å². The number of nitrogens with zero attached hydrogens (tertiary/aromatic N) is 1. The third-order valence-corrected chi connectivity index (χ3v) is 2.89. The number of carbonyl (C=O) groups excluding carboxylic acids is 1. The first-order valence-corrected chi connectivity index (χ1v) is 6.62. The second kappa shape index (κ2) is 6.85. The number of carbonyl (C=O) groups is 1. The first kappa shape index (κ1) is 15.9. The van der Waals surface area contributed by atoms with Gasteiger partial charge in [-0.3, -0.25) is 4.84 Å². The van der Waals surface area contributed by atoms with E-state index in [1.807, 2.05) is 0 Å². The number of ether oxygens (including phenoxy) is 1. The fraction of sp³-hybridized carbons (Fsp3) is 0.846. The van der Waals surface area contributed by atoms with Gasteiger partial charge in [0.25, 0.3) is 0 Å². The highest BCUT2D eigenvalue weighted by atomic mass is 16.7. The number of nitriles is 1. The summed E-state index contributed by atoms with van der Waals surface area (Å²) in [6.45, 7) is 7.58. The maximum Gasteiger partial charge on any atom is 0.340 e. The first-order chi connectivity index (χ1) is 8.85. The zero-order valence-electron chi connectivity index (χ0n) is 12.0. The fourth-order valence-electron chi connectivity index (χ4n) is 1.70. The Morgan fingerprint density at radius 2 is 2.16 bits per heavy atom. The van der Waals surface area contributed by atoms with E-state index in [1.165, 1.54) is 0 Å². The minimum absolute atomic E-state index is 0.0861. The monoisotopic (exact) mass is 269 g/mol. The van der Waals surface area contributed by atoms with Crippen LogP contribution in [0.2, 0.25) is 0 Å². The predicted molar refractivity (Wildman–Crippen MR) is 70.0 cm³/mol. The average Bonchev–Trinajstić information content (AvgIpc) is 2.36. The van der Waals surface area contributed by atoms with Crippen molar-refractivity contribution in [2.24, 2.45) is 0 Å². The molecule has 1 fully saturated rings. The van der Waals surface area contributed by atoms with Gasteiger partial charge in [0.1, 0.15) is 0 Å². The highest BCUT2D eigenvalue weighted by molar-refractivity contribution is 5.78. The van der Waals surface area contributed by atoms with Gasteiger partial charge in [0, 0.05) is 12.6 Å². The summed E-state index contributed by atoms with van der Waals surface area (Å²) in [7, 11) is 0. The van der Waals surface area contributed by atoms with E-state index in [-0.39, 0.29) is 18.2 Å². The quantitative estimate of drug-likeness (QED) is 0.569. The van der Waals surface area contributed by atoms with Gasteiger partial charge in [0.2, 0.25) is 0 Å². The maximum atomic E-state index is 11.8. The standard InChI is InChI=1S/C13H23N3O3/c1-9(2)18-12(17)13(3,4)19-16-11-6-5-10(7-14)15-8-11/h9-11,15-16H,5-6,8H2,1-4H3/t10-,11?/m0/s1. The van der Waals surface area contributed by atoms with E-state index in [1.54, 1.807) is 27.7 Å². The Morgan fingerprint density at radius 1 is 1.47 bits per heavy atom. The maximum absolute atomic E-state index is 11.8. The lowest BCUT2D eigenvalue weighted by Crippen LogP contribution is -2.51. The molecule has 1 heterocycles. The number of esters is 1. The van der Waals surface area contributed by atoms with Gasteiger partial charge in [-0.15, -0.1) is 0 Å². The van der Waals surface area contributed by atoms with Crippen LogP contribution >= 0.6 is 0 Å². The third kappa shape index (κ3) is 5.15. The summed E-state index contributed by atoms with van der Waals surface area (Å²) in [6.07, 6.45) is 1.44. The van der Waals surface area contributed by atoms with Crippen LogP contribution in [0.15, 0.2) is 0 Å². The topological polar surface area (TPSA) is 83.4 Å². The molecule has 1 unspecified atom stereocenters. The molecule has 0 aromatic heterocycles. The lowest BCUT2D eigenvalue weighted by molar-refractivity contribution is -0.184. The van der Waals surface area contributed by atoms with Gasteiger partial charge in [-0.2, -0.15) is 10.7 Å². The van der Waals surface area contributed by atoms with Crippen molar-refractivity contribution in [3.63, 3.8) is 0 Å². The van der Waals surface area contributed by atoms with Crippen LogP contribution < -0.4 is 10.8 Å². The van der Waals surface area contributed by atoms with Gasteiger partial charge < -0.3 is 10.1 Å². The molecule has 6 nitrogen and oxygen atoms in total. The Labute approximate surface area is 114 Å². The van der Waals surface area contributed by atoms with E-state index in [2.05, 4.69) is 16.9 Å². The number of hydroxylamine groups is 1. The van der Waals surface area contributed by atoms with E-state index in [4.69, 9.17) is 14.8 Å². The van der Waals surface area contributed by atoms with Crippen molar-refractivity contribution in [3.05, 3.63) is 0 Å². The SMILES string of the molecule is CC(C)OC(=O)C(C)(C)ONC1CC[C@@H](C#N)NC1. The second-order valence-electron chi connectivity index (χ2n) is 5.55. The summed E-state index contributed by atoms with van der Waals surface area (Å²) in [5.74, 6) is -0.395. The molecule has 19 heavy (non-hydrogen) atoms. The van der Waals surface area contributed by atoms with Crippen LogP contribution in [-0.2, 0) is 14.4 Å². The molecule has 1 aliphatic heterocycles. The molecule has 1 aliphatic rings. The molecule has 0 aromatic carbocycles. The molecule has 1 saturated heterocycles. The zero-order chi connectivity index (χ0) is 14.5. The summed E-state index contributed by atoms with van der Waals surface area (Å²) in [5.41, 5.74) is 1.86. The molecule has 0 saturated carbocycles. The van der Waals surface area contributed by atoms with Crippen molar-refractivity contribution >= 4 is 5.97 Å². The minimum atomic E-state index is -1.03. The van der Waals surface area contributed by atoms with Crippen LogP contribution in [0.3, 0.4) is 0 Å². The fourth-order valence-corrected chi connectivity index (χ4v) is 1.70. The van der Waals surface area contributed by atoms with E-state index in [0.29, 0.717) is 6.54 Å². The molecular formula is C13H23N3O3. The van der Waals surface area contributed by atoms with Crippen molar-refractivity contribution in [2.45, 2.75) is 64.3 Å². The molecule has 0 amide bonds. The summed E-state index contributed by atoms with van der Waals surface area (Å²) < 4.78 is 5.13. The Balaban J connectivity index is 2.35. The Bertz CT molecular complexity index is 342. The molecule has 0 radical (unpaired) electrons. The largest absolute Gasteiger partial charge is 0.461 e. The van der Waals surface area contributed by atoms with Gasteiger partial charge in [-0.1, -0.05) is 0 Å². The Hall–Kier alpha value is -1.16. The van der Waals surface area contributed by atoms with Crippen molar-refractivity contribution in [1.82, 2.24) is 10.8 Å². The highest BCUT2D eigenvalue weighted by Crippen LogP contribution is 2.14. The van der Waals surface area contributed by atoms with E-state index >= 15 is 0 Å². The van der Waals surface area contributed by atoms with Crippen molar-refractivity contribution in [2.75, 3.05) is 6.54 Å². The lowest BCUT2D eigenvalue weighted by Gasteiger charge is -2.30. The second-order valence-corrected chi connectivity index (χ2v) is 5.55. The summed E-state index contributed by atoms with van der Waals surface area (Å²) >= 11 is 0. The highest BCUT2D eigenvalue weighted by Gasteiger charge is 2.33. The van der Waals surface area contributed by atoms with Crippen LogP contribution in [-0.4, -0.2) is 36.3 Å². The van der Waals surface area contributed by atoms with Crippen molar-refractivity contribution in [1.29, 1.82) is 5.26 Å². The van der Waals surface area contributed by atoms with Gasteiger partial charge in [-0.25, -0.2) is 4.79 Å². The summed E-state index contributed by atoms with van der Waals surface area (Å²) in [4.78, 5) is 17.3. The minimum Gasteiger partial charge on any atom is -0.461 e. The predicted octanol–water partition coefficient (Wildman–Crippen LogP) is 0.882. The molecule has 1 rings (SSSR count). The summed E-state index contributed by atoms with van der Waals surface area (Å²) in [5, 5.41) is 11.9. The van der Waals surface area contributed by atoms with Gasteiger partial charge in [0.05, 0.1) is 18.2 Å². The van der Waals surface area contributed by atoms with Crippen LogP contribution in [0.5, 0.6) is 0 Å². The molecule has 2 N–H and O–H groups in total. The molecule has 108 valence electrons. The molecule has 0 spiro atoms. The lowest BCUT2D eigenvalue weighted by atomic mass is 10.0. The molecular weight excluding hydrogens is 246 g/mol. The van der Waals surface area contributed by atoms with Crippen LogP contribution in [0.4, 0.5) is 0 Å². The molecule has 2 atom stereocenters. The Kier molecular flexibility index (Phi) is 5.73. The Morgan fingerprint density at radius 3 is 2.63 bits per heavy atom. The molecule has 0 aliphatic carbocycles. The van der Waals surface area contributed by atoms with Gasteiger partial charge in [0.15, 0.2) is 5.60 Å². The van der Waals surface area contributed by atoms with Crippen molar-refractivity contribution < 1.29 is 14.4 Å². The third-order valence-electron chi connectivity index (χ3n) is 2.89. The number of hydrogen-bond acceptors (Lipinski definition) is 6. The number of rotatable bonds is 5. The number of piperidine rings is 1. The summed E-state index contributed by atoms with van der Waals surface area (Å²) in [6, 6.07) is 2.19. The molecule has 0 bridgehead atoms. The zero-order valence-corrected chi connectivity index (χ0v) is 12.0. The van der Waals surface area contributed by atoms with Crippen LogP contribution in [0.1, 0.15) is 40.5 Å². The van der Waals surface area contributed by atoms with E-state index in [0.717, 1.165) is 12.8 Å². The van der Waals surface area contributed by atoms with Crippen LogP contribution in [0.25, 0.3) is 0 Å². The van der Waals surface area contributed by atoms with E-state index in [9.17, 15) is 4.79 Å². The van der Waals surface area contributed by atoms with Gasteiger partial charge in [-0.05, 0) is 40.5 Å². The van der Waals surface area contributed by atoms with Crippen molar-refractivity contribution in [3.8, 4) is 6.07 Å². The van der Waals surface area contributed by atoms with E-state index < -0.39 is 11.6 Å². The first-order valence-electron chi connectivity index (χ1n) is 6.62. The van der Waals surface area contributed by atoms with Crippen LogP contribution in [0, 0.1) is 11.3 Å². The normalized spacial score (nSPS) is 24.0. The molecule has 6 heteroatoms. The average molecular weight is 269 g/mol. The molecule has 0 aromatic rings.